The zero-order valence-corrected chi connectivity index (χ0v) is 19.2. The molecule has 0 aromatic carbocycles. The van der Waals surface area contributed by atoms with E-state index in [0.717, 1.165) is 37.5 Å². The Labute approximate surface area is 179 Å². The summed E-state index contributed by atoms with van der Waals surface area (Å²) in [7, 11) is -0.910. The molecule has 0 amide bonds. The number of nitrogens with one attached hydrogen (secondary N) is 1. The topological polar surface area (TPSA) is 79.6 Å². The van der Waals surface area contributed by atoms with Gasteiger partial charge in [-0.15, -0.1) is 24.0 Å². The Balaban J connectivity index is 0.00000261. The van der Waals surface area contributed by atoms with Gasteiger partial charge in [-0.1, -0.05) is 12.2 Å². The highest BCUT2D eigenvalue weighted by Gasteiger charge is 2.30. The molecule has 2 aliphatic rings. The molecular formula is C18H30IN5O2S. The van der Waals surface area contributed by atoms with E-state index in [4.69, 9.17) is 4.99 Å². The fourth-order valence-corrected chi connectivity index (χ4v) is 5.48. The number of likely N-dealkylation sites (tertiary alicyclic amines) is 1. The Morgan fingerprint density at radius 2 is 2.22 bits per heavy atom. The first kappa shape index (κ1) is 22.2. The molecular weight excluding hydrogens is 477 g/mol. The van der Waals surface area contributed by atoms with Gasteiger partial charge in [-0.05, 0) is 31.2 Å². The number of nitrogens with zero attached hydrogens (tertiary/aromatic N) is 4. The molecule has 2 atom stereocenters. The molecule has 0 radical (unpaired) electrons. The third kappa shape index (κ3) is 6.20. The van der Waals surface area contributed by atoms with E-state index < -0.39 is 9.84 Å². The monoisotopic (exact) mass is 507 g/mol. The van der Waals surface area contributed by atoms with Crippen LogP contribution < -0.4 is 5.32 Å². The predicted octanol–water partition coefficient (Wildman–Crippen LogP) is 1.78. The standard InChI is InChI=1S/C18H29N5O2S.HI/c1-14(2)8-19-18(20-9-15-5-7-26(24,25)13-15)23-6-4-16(12-23)17-10-21-22(3)11-17;/h10-11,15-16H,1,4-9,12-13H2,2-3H3,(H,19,20);1H. The Kier molecular flexibility index (Phi) is 7.73. The third-order valence-corrected chi connectivity index (χ3v) is 6.90. The molecule has 27 heavy (non-hydrogen) atoms. The maximum Gasteiger partial charge on any atom is 0.194 e. The van der Waals surface area contributed by atoms with Crippen molar-refractivity contribution in [2.75, 3.05) is 37.7 Å². The molecule has 7 nitrogen and oxygen atoms in total. The molecule has 3 rings (SSSR count). The van der Waals surface area contributed by atoms with Gasteiger partial charge in [-0.3, -0.25) is 4.68 Å². The van der Waals surface area contributed by atoms with Crippen molar-refractivity contribution in [2.24, 2.45) is 18.0 Å². The summed E-state index contributed by atoms with van der Waals surface area (Å²) in [6.07, 6.45) is 5.82. The molecule has 3 heterocycles. The van der Waals surface area contributed by atoms with Crippen molar-refractivity contribution in [3.63, 3.8) is 0 Å². The molecule has 1 aromatic rings. The number of sulfone groups is 1. The number of aryl methyl sites for hydroxylation is 1. The molecule has 2 aliphatic heterocycles. The van der Waals surface area contributed by atoms with Crippen molar-refractivity contribution < 1.29 is 8.42 Å². The van der Waals surface area contributed by atoms with Crippen molar-refractivity contribution >= 4 is 39.8 Å². The summed E-state index contributed by atoms with van der Waals surface area (Å²) in [5, 5.41) is 7.70. The Morgan fingerprint density at radius 3 is 2.81 bits per heavy atom. The van der Waals surface area contributed by atoms with Crippen LogP contribution in [-0.4, -0.2) is 66.7 Å². The maximum absolute atomic E-state index is 11.7. The average Bonchev–Trinajstić information content (AvgIpc) is 3.27. The molecule has 1 aromatic heterocycles. The first-order chi connectivity index (χ1) is 12.3. The van der Waals surface area contributed by atoms with Gasteiger partial charge in [0.1, 0.15) is 0 Å². The van der Waals surface area contributed by atoms with Crippen molar-refractivity contribution in [1.29, 1.82) is 0 Å². The van der Waals surface area contributed by atoms with Crippen LogP contribution in [-0.2, 0) is 16.9 Å². The van der Waals surface area contributed by atoms with Crippen LogP contribution in [0.4, 0.5) is 0 Å². The molecule has 2 fully saturated rings. The van der Waals surface area contributed by atoms with Gasteiger partial charge in [0.25, 0.3) is 0 Å². The minimum Gasteiger partial charge on any atom is -0.356 e. The smallest absolute Gasteiger partial charge is 0.194 e. The van der Waals surface area contributed by atoms with Gasteiger partial charge in [0.05, 0.1) is 24.2 Å². The van der Waals surface area contributed by atoms with Crippen LogP contribution in [0.1, 0.15) is 31.2 Å². The summed E-state index contributed by atoms with van der Waals surface area (Å²) in [4.78, 5) is 6.97. The number of aromatic nitrogens is 2. The largest absolute Gasteiger partial charge is 0.356 e. The average molecular weight is 507 g/mol. The highest BCUT2D eigenvalue weighted by atomic mass is 127. The number of guanidine groups is 1. The lowest BCUT2D eigenvalue weighted by Crippen LogP contribution is -2.42. The first-order valence-corrected chi connectivity index (χ1v) is 11.0. The number of halogens is 1. The minimum atomic E-state index is -2.85. The summed E-state index contributed by atoms with van der Waals surface area (Å²) >= 11 is 0. The third-order valence-electron chi connectivity index (χ3n) is 5.06. The molecule has 152 valence electrons. The van der Waals surface area contributed by atoms with Crippen LogP contribution in [0, 0.1) is 5.92 Å². The van der Waals surface area contributed by atoms with E-state index in [0.29, 0.717) is 24.8 Å². The zero-order chi connectivity index (χ0) is 18.7. The van der Waals surface area contributed by atoms with Gasteiger partial charge < -0.3 is 10.2 Å². The van der Waals surface area contributed by atoms with Crippen LogP contribution in [0.25, 0.3) is 0 Å². The molecule has 2 saturated heterocycles. The van der Waals surface area contributed by atoms with Crippen molar-refractivity contribution in [3.8, 4) is 0 Å². The normalized spacial score (nSPS) is 24.7. The summed E-state index contributed by atoms with van der Waals surface area (Å²) in [5.41, 5.74) is 2.27. The minimum absolute atomic E-state index is 0. The van der Waals surface area contributed by atoms with Crippen LogP contribution in [0.5, 0.6) is 0 Å². The number of rotatable bonds is 5. The fourth-order valence-electron chi connectivity index (χ4n) is 3.62. The molecule has 1 N–H and O–H groups in total. The Hall–Kier alpha value is -1.10. The highest BCUT2D eigenvalue weighted by Crippen LogP contribution is 2.27. The molecule has 9 heteroatoms. The molecule has 0 spiro atoms. The number of hydrogen-bond donors (Lipinski definition) is 1. The molecule has 0 saturated carbocycles. The van der Waals surface area contributed by atoms with Crippen LogP contribution >= 0.6 is 24.0 Å². The van der Waals surface area contributed by atoms with Crippen LogP contribution in [0.15, 0.2) is 29.5 Å². The second-order valence-corrected chi connectivity index (χ2v) is 9.85. The molecule has 0 bridgehead atoms. The SMILES string of the molecule is C=C(C)CN=C(NCC1CCS(=O)(=O)C1)N1CCC(c2cnn(C)c2)C1.I. The summed E-state index contributed by atoms with van der Waals surface area (Å²) < 4.78 is 25.2. The lowest BCUT2D eigenvalue weighted by atomic mass is 10.0. The van der Waals surface area contributed by atoms with E-state index in [1.165, 1.54) is 5.56 Å². The van der Waals surface area contributed by atoms with Crippen molar-refractivity contribution in [1.82, 2.24) is 20.0 Å². The number of hydrogen-bond acceptors (Lipinski definition) is 4. The summed E-state index contributed by atoms with van der Waals surface area (Å²) in [5.74, 6) is 2.08. The van der Waals surface area contributed by atoms with E-state index >= 15 is 0 Å². The number of aliphatic imine (C=N–C) groups is 1. The Bertz CT molecular complexity index is 789. The maximum atomic E-state index is 11.7. The molecule has 0 aliphatic carbocycles. The van der Waals surface area contributed by atoms with Crippen LogP contribution in [0.2, 0.25) is 0 Å². The van der Waals surface area contributed by atoms with Gasteiger partial charge in [-0.2, -0.15) is 5.10 Å². The molecule has 2 unspecified atom stereocenters. The van der Waals surface area contributed by atoms with E-state index in [1.807, 2.05) is 24.9 Å². The quantitative estimate of drug-likeness (QED) is 0.285. The van der Waals surface area contributed by atoms with E-state index in [-0.39, 0.29) is 35.6 Å². The fraction of sp³-hybridized carbons (Fsp3) is 0.667. The van der Waals surface area contributed by atoms with E-state index in [1.54, 1.807) is 0 Å². The van der Waals surface area contributed by atoms with Gasteiger partial charge in [0.15, 0.2) is 15.8 Å². The van der Waals surface area contributed by atoms with E-state index in [2.05, 4.69) is 28.1 Å². The van der Waals surface area contributed by atoms with Crippen molar-refractivity contribution in [2.45, 2.75) is 25.7 Å². The van der Waals surface area contributed by atoms with Crippen LogP contribution in [0.3, 0.4) is 0 Å². The van der Waals surface area contributed by atoms with Gasteiger partial charge >= 0.3 is 0 Å². The van der Waals surface area contributed by atoms with Crippen molar-refractivity contribution in [3.05, 3.63) is 30.1 Å². The van der Waals surface area contributed by atoms with Gasteiger partial charge in [0.2, 0.25) is 0 Å². The van der Waals surface area contributed by atoms with Gasteiger partial charge in [0, 0.05) is 38.8 Å². The summed E-state index contributed by atoms with van der Waals surface area (Å²) in [6, 6.07) is 0. The Morgan fingerprint density at radius 1 is 1.44 bits per heavy atom. The highest BCUT2D eigenvalue weighted by molar-refractivity contribution is 14.0. The van der Waals surface area contributed by atoms with E-state index in [9.17, 15) is 8.42 Å². The second kappa shape index (κ2) is 9.40. The zero-order valence-electron chi connectivity index (χ0n) is 16.1. The lowest BCUT2D eigenvalue weighted by Gasteiger charge is -2.23. The summed E-state index contributed by atoms with van der Waals surface area (Å²) in [6.45, 7) is 8.97. The van der Waals surface area contributed by atoms with Gasteiger partial charge in [-0.25, -0.2) is 13.4 Å². The second-order valence-electron chi connectivity index (χ2n) is 7.63. The predicted molar refractivity (Wildman–Crippen MR) is 119 cm³/mol. The first-order valence-electron chi connectivity index (χ1n) is 9.19. The lowest BCUT2D eigenvalue weighted by molar-refractivity contribution is 0.470.